The van der Waals surface area contributed by atoms with Crippen LogP contribution in [0.25, 0.3) is 0 Å². The highest BCUT2D eigenvalue weighted by atomic mass is 16.5. The van der Waals surface area contributed by atoms with Crippen molar-refractivity contribution >= 4 is 5.82 Å². The summed E-state index contributed by atoms with van der Waals surface area (Å²) < 4.78 is 11.1. The van der Waals surface area contributed by atoms with Crippen molar-refractivity contribution in [3.8, 4) is 0 Å². The molecule has 16 heavy (non-hydrogen) atoms. The highest BCUT2D eigenvalue weighted by Gasteiger charge is 2.15. The van der Waals surface area contributed by atoms with Crippen LogP contribution in [0.15, 0.2) is 18.3 Å². The number of aromatic nitrogens is 1. The van der Waals surface area contributed by atoms with Gasteiger partial charge in [0.25, 0.3) is 0 Å². The lowest BCUT2D eigenvalue weighted by atomic mass is 10.2. The van der Waals surface area contributed by atoms with E-state index in [0.29, 0.717) is 13.2 Å². The monoisotopic (exact) mass is 222 g/mol. The maximum absolute atomic E-state index is 5.64. The number of nitrogens with zero attached hydrogens (tertiary/aromatic N) is 1. The van der Waals surface area contributed by atoms with Crippen molar-refractivity contribution in [2.75, 3.05) is 25.6 Å². The van der Waals surface area contributed by atoms with Crippen LogP contribution in [0.4, 0.5) is 5.82 Å². The number of nitrogens with one attached hydrogen (secondary N) is 1. The molecular weight excluding hydrogens is 204 g/mol. The van der Waals surface area contributed by atoms with E-state index in [2.05, 4.69) is 10.3 Å². The molecule has 1 aromatic rings. The zero-order valence-corrected chi connectivity index (χ0v) is 9.61. The second-order valence-corrected chi connectivity index (χ2v) is 3.91. The lowest BCUT2D eigenvalue weighted by molar-refractivity contribution is 0.0107. The van der Waals surface area contributed by atoms with Crippen molar-refractivity contribution in [1.29, 1.82) is 0 Å². The van der Waals surface area contributed by atoms with Gasteiger partial charge in [0.2, 0.25) is 0 Å². The summed E-state index contributed by atoms with van der Waals surface area (Å²) in [7, 11) is 1.87. The third-order valence-corrected chi connectivity index (χ3v) is 2.71. The highest BCUT2D eigenvalue weighted by Crippen LogP contribution is 2.15. The minimum Gasteiger partial charge on any atom is -0.376 e. The van der Waals surface area contributed by atoms with E-state index >= 15 is 0 Å². The molecule has 0 amide bonds. The predicted octanol–water partition coefficient (Wildman–Crippen LogP) is 1.82. The van der Waals surface area contributed by atoms with Crippen molar-refractivity contribution in [3.63, 3.8) is 0 Å². The molecule has 1 unspecified atom stereocenters. The molecule has 1 aliphatic heterocycles. The van der Waals surface area contributed by atoms with Crippen molar-refractivity contribution in [2.45, 2.75) is 25.6 Å². The molecule has 0 saturated carbocycles. The molecule has 2 rings (SSSR count). The second kappa shape index (κ2) is 5.82. The van der Waals surface area contributed by atoms with Gasteiger partial charge in [0.15, 0.2) is 0 Å². The Morgan fingerprint density at radius 2 is 2.56 bits per heavy atom. The maximum Gasteiger partial charge on any atom is 0.131 e. The van der Waals surface area contributed by atoms with Crippen LogP contribution < -0.4 is 5.32 Å². The van der Waals surface area contributed by atoms with Crippen LogP contribution in [0, 0.1) is 0 Å². The van der Waals surface area contributed by atoms with Crippen LogP contribution >= 0.6 is 0 Å². The standard InChI is InChI=1S/C12H18N2O2/c1-13-12-10(4-2-6-14-12)8-15-9-11-5-3-7-16-11/h2,4,6,11H,3,5,7-9H2,1H3,(H,13,14). The third-order valence-electron chi connectivity index (χ3n) is 2.71. The Balaban J connectivity index is 1.79. The quantitative estimate of drug-likeness (QED) is 0.825. The molecule has 1 fully saturated rings. The minimum absolute atomic E-state index is 0.287. The molecule has 1 aromatic heterocycles. The smallest absolute Gasteiger partial charge is 0.131 e. The summed E-state index contributed by atoms with van der Waals surface area (Å²) in [6.45, 7) is 2.14. The molecule has 1 saturated heterocycles. The number of hydrogen-bond donors (Lipinski definition) is 1. The van der Waals surface area contributed by atoms with Gasteiger partial charge in [-0.1, -0.05) is 6.07 Å². The summed E-state index contributed by atoms with van der Waals surface area (Å²) in [6.07, 6.45) is 4.33. The Bertz CT molecular complexity index is 325. The topological polar surface area (TPSA) is 43.4 Å². The summed E-state index contributed by atoms with van der Waals surface area (Å²) >= 11 is 0. The van der Waals surface area contributed by atoms with Gasteiger partial charge in [-0.25, -0.2) is 4.98 Å². The molecule has 0 aliphatic carbocycles. The Kier molecular flexibility index (Phi) is 4.13. The van der Waals surface area contributed by atoms with Gasteiger partial charge >= 0.3 is 0 Å². The van der Waals surface area contributed by atoms with E-state index in [0.717, 1.165) is 30.8 Å². The van der Waals surface area contributed by atoms with E-state index < -0.39 is 0 Å². The lowest BCUT2D eigenvalue weighted by Crippen LogP contribution is -2.14. The fourth-order valence-electron chi connectivity index (χ4n) is 1.86. The summed E-state index contributed by atoms with van der Waals surface area (Å²) in [4.78, 5) is 4.23. The molecule has 1 N–H and O–H groups in total. The zero-order valence-electron chi connectivity index (χ0n) is 9.61. The summed E-state index contributed by atoms with van der Waals surface area (Å²) in [5.41, 5.74) is 1.09. The Morgan fingerprint density at radius 3 is 3.31 bits per heavy atom. The zero-order chi connectivity index (χ0) is 11.2. The summed E-state index contributed by atoms with van der Waals surface area (Å²) in [5, 5.41) is 3.05. The van der Waals surface area contributed by atoms with Crippen LogP contribution in [-0.2, 0) is 16.1 Å². The first kappa shape index (κ1) is 11.4. The molecule has 2 heterocycles. The first-order chi connectivity index (χ1) is 7.90. The molecule has 1 aliphatic rings. The number of hydrogen-bond acceptors (Lipinski definition) is 4. The largest absolute Gasteiger partial charge is 0.376 e. The molecule has 0 spiro atoms. The van der Waals surface area contributed by atoms with Gasteiger partial charge < -0.3 is 14.8 Å². The van der Waals surface area contributed by atoms with Gasteiger partial charge in [0, 0.05) is 25.4 Å². The van der Waals surface area contributed by atoms with Gasteiger partial charge in [-0.2, -0.15) is 0 Å². The molecule has 0 bridgehead atoms. The molecule has 88 valence electrons. The number of rotatable bonds is 5. The molecular formula is C12H18N2O2. The Morgan fingerprint density at radius 1 is 1.62 bits per heavy atom. The first-order valence-corrected chi connectivity index (χ1v) is 5.71. The lowest BCUT2D eigenvalue weighted by Gasteiger charge is -2.11. The first-order valence-electron chi connectivity index (χ1n) is 5.71. The van der Waals surface area contributed by atoms with E-state index in [1.165, 1.54) is 0 Å². The van der Waals surface area contributed by atoms with Gasteiger partial charge in [-0.05, 0) is 18.9 Å². The fourth-order valence-corrected chi connectivity index (χ4v) is 1.86. The van der Waals surface area contributed by atoms with Crippen LogP contribution in [0.5, 0.6) is 0 Å². The van der Waals surface area contributed by atoms with E-state index in [1.54, 1.807) is 6.20 Å². The normalized spacial score (nSPS) is 19.9. The van der Waals surface area contributed by atoms with E-state index in [4.69, 9.17) is 9.47 Å². The van der Waals surface area contributed by atoms with Gasteiger partial charge in [0.1, 0.15) is 5.82 Å². The van der Waals surface area contributed by atoms with E-state index in [9.17, 15) is 0 Å². The second-order valence-electron chi connectivity index (χ2n) is 3.91. The molecule has 1 atom stereocenters. The van der Waals surface area contributed by atoms with Gasteiger partial charge in [0.05, 0.1) is 19.3 Å². The molecule has 4 heteroatoms. The molecule has 0 radical (unpaired) electrons. The summed E-state index contributed by atoms with van der Waals surface area (Å²) in [5.74, 6) is 0.884. The minimum atomic E-state index is 0.287. The van der Waals surface area contributed by atoms with Gasteiger partial charge in [-0.15, -0.1) is 0 Å². The molecule has 4 nitrogen and oxygen atoms in total. The summed E-state index contributed by atoms with van der Waals surface area (Å²) in [6, 6.07) is 3.94. The van der Waals surface area contributed by atoms with E-state index in [1.807, 2.05) is 19.2 Å². The predicted molar refractivity (Wildman–Crippen MR) is 62.4 cm³/mol. The van der Waals surface area contributed by atoms with Crippen LogP contribution in [0.1, 0.15) is 18.4 Å². The van der Waals surface area contributed by atoms with Crippen molar-refractivity contribution in [1.82, 2.24) is 4.98 Å². The van der Waals surface area contributed by atoms with E-state index in [-0.39, 0.29) is 6.10 Å². The van der Waals surface area contributed by atoms with Crippen LogP contribution in [0.2, 0.25) is 0 Å². The van der Waals surface area contributed by atoms with Crippen molar-refractivity contribution < 1.29 is 9.47 Å². The van der Waals surface area contributed by atoms with Crippen molar-refractivity contribution in [2.24, 2.45) is 0 Å². The average Bonchev–Trinajstić information content (AvgIpc) is 2.83. The molecule has 0 aromatic carbocycles. The maximum atomic E-state index is 5.64. The number of anilines is 1. The highest BCUT2D eigenvalue weighted by molar-refractivity contribution is 5.42. The van der Waals surface area contributed by atoms with Gasteiger partial charge in [-0.3, -0.25) is 0 Å². The Labute approximate surface area is 96.0 Å². The average molecular weight is 222 g/mol. The fraction of sp³-hybridized carbons (Fsp3) is 0.583. The van der Waals surface area contributed by atoms with Crippen molar-refractivity contribution in [3.05, 3.63) is 23.9 Å². The van der Waals surface area contributed by atoms with Crippen LogP contribution in [0.3, 0.4) is 0 Å². The third kappa shape index (κ3) is 2.93. The van der Waals surface area contributed by atoms with Crippen LogP contribution in [-0.4, -0.2) is 31.3 Å². The Hall–Kier alpha value is -1.13. The number of ether oxygens (including phenoxy) is 2. The SMILES string of the molecule is CNc1ncccc1COCC1CCCO1. The number of pyridine rings is 1.